The van der Waals surface area contributed by atoms with E-state index in [2.05, 4.69) is 157 Å². The zero-order valence-electron chi connectivity index (χ0n) is 21.3. The lowest BCUT2D eigenvalue weighted by Gasteiger charge is -2.10. The Labute approximate surface area is 223 Å². The van der Waals surface area contributed by atoms with Crippen molar-refractivity contribution >= 4 is 21.8 Å². The Morgan fingerprint density at radius 2 is 0.842 bits per heavy atom. The van der Waals surface area contributed by atoms with Gasteiger partial charge in [-0.2, -0.15) is 0 Å². The number of rotatable bonds is 4. The van der Waals surface area contributed by atoms with Crippen LogP contribution in [0.15, 0.2) is 146 Å². The van der Waals surface area contributed by atoms with E-state index in [1.54, 1.807) is 0 Å². The Morgan fingerprint density at radius 1 is 0.368 bits per heavy atom. The van der Waals surface area contributed by atoms with Crippen LogP contribution in [0.1, 0.15) is 5.56 Å². The van der Waals surface area contributed by atoms with Crippen molar-refractivity contribution in [3.8, 4) is 39.1 Å². The normalized spacial score (nSPS) is 11.3. The van der Waals surface area contributed by atoms with Gasteiger partial charge in [0.25, 0.3) is 0 Å². The molecule has 38 heavy (non-hydrogen) atoms. The van der Waals surface area contributed by atoms with Gasteiger partial charge in [0, 0.05) is 16.5 Å². The molecule has 0 aliphatic heterocycles. The number of para-hydroxylation sites is 1. The largest absolute Gasteiger partial charge is 0.309 e. The molecule has 0 spiro atoms. The molecule has 1 heteroatoms. The summed E-state index contributed by atoms with van der Waals surface area (Å²) in [7, 11) is 0. The van der Waals surface area contributed by atoms with E-state index < -0.39 is 0 Å². The summed E-state index contributed by atoms with van der Waals surface area (Å²) in [6, 6.07) is 52.6. The van der Waals surface area contributed by atoms with Gasteiger partial charge in [-0.15, -0.1) is 0 Å². The highest BCUT2D eigenvalue weighted by atomic mass is 15.0. The summed E-state index contributed by atoms with van der Waals surface area (Å²) in [4.78, 5) is 0. The van der Waals surface area contributed by atoms with E-state index in [4.69, 9.17) is 0 Å². The number of aromatic nitrogens is 1. The second kappa shape index (κ2) is 9.21. The van der Waals surface area contributed by atoms with Crippen LogP contribution in [0.3, 0.4) is 0 Å². The zero-order valence-corrected chi connectivity index (χ0v) is 21.3. The first-order valence-corrected chi connectivity index (χ1v) is 13.1. The quantitative estimate of drug-likeness (QED) is 0.234. The zero-order chi connectivity index (χ0) is 25.5. The molecule has 1 nitrogen and oxygen atoms in total. The van der Waals surface area contributed by atoms with Gasteiger partial charge in [0.1, 0.15) is 0 Å². The summed E-state index contributed by atoms with van der Waals surface area (Å²) < 4.78 is 2.38. The molecule has 0 radical (unpaired) electrons. The van der Waals surface area contributed by atoms with Gasteiger partial charge in [0.2, 0.25) is 0 Å². The molecular weight excluding hydrogens is 458 g/mol. The molecule has 1 heterocycles. The minimum atomic E-state index is 1.17. The molecule has 7 aromatic rings. The van der Waals surface area contributed by atoms with Gasteiger partial charge in [-0.25, -0.2) is 0 Å². The monoisotopic (exact) mass is 485 g/mol. The minimum absolute atomic E-state index is 1.17. The first-order chi connectivity index (χ1) is 18.7. The molecule has 0 aliphatic rings. The van der Waals surface area contributed by atoms with Gasteiger partial charge in [-0.1, -0.05) is 121 Å². The summed E-state index contributed by atoms with van der Waals surface area (Å²) in [6.07, 6.45) is 0. The maximum absolute atomic E-state index is 2.38. The number of benzene rings is 6. The van der Waals surface area contributed by atoms with Crippen molar-refractivity contribution in [1.29, 1.82) is 0 Å². The molecule has 0 unspecified atom stereocenters. The fourth-order valence-corrected chi connectivity index (χ4v) is 5.47. The summed E-state index contributed by atoms with van der Waals surface area (Å²) in [5, 5.41) is 2.55. The van der Waals surface area contributed by atoms with Crippen LogP contribution < -0.4 is 0 Å². The minimum Gasteiger partial charge on any atom is -0.309 e. The van der Waals surface area contributed by atoms with Crippen LogP contribution in [0.4, 0.5) is 0 Å². The van der Waals surface area contributed by atoms with Crippen LogP contribution in [0.5, 0.6) is 0 Å². The lowest BCUT2D eigenvalue weighted by Crippen LogP contribution is -1.93. The second-order valence-corrected chi connectivity index (χ2v) is 9.94. The van der Waals surface area contributed by atoms with Crippen LogP contribution >= 0.6 is 0 Å². The van der Waals surface area contributed by atoms with Crippen LogP contribution in [0, 0.1) is 6.92 Å². The van der Waals surface area contributed by atoms with E-state index in [1.807, 2.05) is 0 Å². The Balaban J connectivity index is 1.27. The van der Waals surface area contributed by atoms with Crippen molar-refractivity contribution in [1.82, 2.24) is 4.57 Å². The fraction of sp³-hybridized carbons (Fsp3) is 0.0270. The van der Waals surface area contributed by atoms with E-state index in [-0.39, 0.29) is 0 Å². The fourth-order valence-electron chi connectivity index (χ4n) is 5.47. The Hall–Kier alpha value is -4.88. The van der Waals surface area contributed by atoms with Crippen molar-refractivity contribution in [3.63, 3.8) is 0 Å². The first-order valence-electron chi connectivity index (χ1n) is 13.1. The third-order valence-corrected chi connectivity index (χ3v) is 7.51. The molecule has 1 aromatic heterocycles. The van der Waals surface area contributed by atoms with E-state index in [1.165, 1.54) is 66.4 Å². The van der Waals surface area contributed by atoms with Crippen LogP contribution in [0.25, 0.3) is 60.9 Å². The molecular formula is C37H27N. The average molecular weight is 486 g/mol. The summed E-state index contributed by atoms with van der Waals surface area (Å²) in [6.45, 7) is 2.12. The smallest absolute Gasteiger partial charge is 0.0541 e. The van der Waals surface area contributed by atoms with Gasteiger partial charge < -0.3 is 4.57 Å². The van der Waals surface area contributed by atoms with Crippen molar-refractivity contribution < 1.29 is 0 Å². The van der Waals surface area contributed by atoms with Gasteiger partial charge in [-0.3, -0.25) is 0 Å². The summed E-state index contributed by atoms with van der Waals surface area (Å²) in [5.41, 5.74) is 12.3. The Bertz CT molecular complexity index is 1870. The van der Waals surface area contributed by atoms with Gasteiger partial charge in [0.15, 0.2) is 0 Å². The molecule has 0 aliphatic carbocycles. The van der Waals surface area contributed by atoms with Crippen LogP contribution in [-0.4, -0.2) is 4.57 Å². The van der Waals surface area contributed by atoms with E-state index >= 15 is 0 Å². The van der Waals surface area contributed by atoms with Crippen molar-refractivity contribution in [2.24, 2.45) is 0 Å². The molecule has 0 saturated carbocycles. The maximum atomic E-state index is 2.38. The lowest BCUT2D eigenvalue weighted by atomic mass is 9.99. The number of nitrogens with zero attached hydrogens (tertiary/aromatic N) is 1. The first kappa shape index (κ1) is 22.3. The van der Waals surface area contributed by atoms with Gasteiger partial charge >= 0.3 is 0 Å². The Kier molecular flexibility index (Phi) is 5.41. The standard InChI is InChI=1S/C37H27N/c1-26-11-13-28(14-12-26)29-15-17-30(18-16-29)31-19-22-33(23-20-31)38-36-10-6-5-9-34(36)35-25-32(21-24-37(35)38)27-7-3-2-4-8-27/h2-25H,1H3. The Morgan fingerprint density at radius 3 is 1.50 bits per heavy atom. The van der Waals surface area contributed by atoms with E-state index in [9.17, 15) is 0 Å². The highest BCUT2D eigenvalue weighted by Crippen LogP contribution is 2.35. The molecule has 0 atom stereocenters. The van der Waals surface area contributed by atoms with Gasteiger partial charge in [-0.05, 0) is 70.6 Å². The highest BCUT2D eigenvalue weighted by molar-refractivity contribution is 6.10. The predicted molar refractivity (Wildman–Crippen MR) is 162 cm³/mol. The second-order valence-electron chi connectivity index (χ2n) is 9.94. The van der Waals surface area contributed by atoms with E-state index in [0.717, 1.165) is 0 Å². The SMILES string of the molecule is Cc1ccc(-c2ccc(-c3ccc(-n4c5ccccc5c5cc(-c6ccccc6)ccc54)cc3)cc2)cc1. The number of aryl methyl sites for hydroxylation is 1. The van der Waals surface area contributed by atoms with Gasteiger partial charge in [0.05, 0.1) is 11.0 Å². The summed E-state index contributed by atoms with van der Waals surface area (Å²) >= 11 is 0. The third-order valence-electron chi connectivity index (χ3n) is 7.51. The molecule has 0 amide bonds. The molecule has 0 bridgehead atoms. The number of hydrogen-bond acceptors (Lipinski definition) is 0. The molecule has 7 rings (SSSR count). The maximum Gasteiger partial charge on any atom is 0.0541 e. The highest BCUT2D eigenvalue weighted by Gasteiger charge is 2.13. The topological polar surface area (TPSA) is 4.93 Å². The summed E-state index contributed by atoms with van der Waals surface area (Å²) in [5.74, 6) is 0. The number of fused-ring (bicyclic) bond motifs is 3. The molecule has 0 saturated heterocycles. The van der Waals surface area contributed by atoms with E-state index in [0.29, 0.717) is 0 Å². The lowest BCUT2D eigenvalue weighted by molar-refractivity contribution is 1.18. The predicted octanol–water partition coefficient (Wildman–Crippen LogP) is 10.1. The van der Waals surface area contributed by atoms with Crippen LogP contribution in [-0.2, 0) is 0 Å². The number of hydrogen-bond donors (Lipinski definition) is 0. The molecule has 6 aromatic carbocycles. The van der Waals surface area contributed by atoms with Crippen LogP contribution in [0.2, 0.25) is 0 Å². The van der Waals surface area contributed by atoms with Crippen molar-refractivity contribution in [2.45, 2.75) is 6.92 Å². The molecule has 180 valence electrons. The molecule has 0 fully saturated rings. The average Bonchev–Trinajstić information content (AvgIpc) is 3.32. The molecule has 0 N–H and O–H groups in total. The van der Waals surface area contributed by atoms with Crippen molar-refractivity contribution in [2.75, 3.05) is 0 Å². The third kappa shape index (κ3) is 3.90. The van der Waals surface area contributed by atoms with Crippen molar-refractivity contribution in [3.05, 3.63) is 151 Å².